The first-order valence-corrected chi connectivity index (χ1v) is 4.96. The van der Waals surface area contributed by atoms with Gasteiger partial charge in [0.1, 0.15) is 5.76 Å². The van der Waals surface area contributed by atoms with E-state index in [4.69, 9.17) is 9.63 Å². The number of aliphatic hydroxyl groups is 1. The van der Waals surface area contributed by atoms with Gasteiger partial charge in [-0.05, 0) is 12.8 Å². The van der Waals surface area contributed by atoms with Crippen molar-refractivity contribution in [2.75, 3.05) is 6.61 Å². The molecule has 72 valence electrons. The number of hydrogen-bond acceptors (Lipinski definition) is 3. The van der Waals surface area contributed by atoms with Crippen LogP contribution in [0, 0.1) is 0 Å². The maximum absolute atomic E-state index is 8.71. The van der Waals surface area contributed by atoms with Crippen molar-refractivity contribution in [3.05, 3.63) is 17.5 Å². The Morgan fingerprint density at radius 3 is 2.92 bits per heavy atom. The van der Waals surface area contributed by atoms with Crippen molar-refractivity contribution in [1.29, 1.82) is 0 Å². The lowest BCUT2D eigenvalue weighted by Gasteiger charge is -2.00. The summed E-state index contributed by atoms with van der Waals surface area (Å²) in [6.45, 7) is 0.138. The first kappa shape index (κ1) is 8.75. The molecular formula is C10H15NO2. The molecule has 1 heterocycles. The zero-order valence-electron chi connectivity index (χ0n) is 7.70. The Kier molecular flexibility index (Phi) is 2.64. The lowest BCUT2D eigenvalue weighted by Crippen LogP contribution is -1.91. The van der Waals surface area contributed by atoms with Gasteiger partial charge in [-0.3, -0.25) is 0 Å². The minimum atomic E-state index is 0.138. The second-order valence-electron chi connectivity index (χ2n) is 3.67. The van der Waals surface area contributed by atoms with Crippen LogP contribution in [0.25, 0.3) is 0 Å². The van der Waals surface area contributed by atoms with Crippen LogP contribution >= 0.6 is 0 Å². The van der Waals surface area contributed by atoms with Gasteiger partial charge in [0.05, 0.1) is 12.3 Å². The summed E-state index contributed by atoms with van der Waals surface area (Å²) < 4.78 is 5.11. The molecule has 0 spiro atoms. The molecule has 1 aliphatic rings. The van der Waals surface area contributed by atoms with Crippen LogP contribution in [0.3, 0.4) is 0 Å². The first-order valence-electron chi connectivity index (χ1n) is 4.96. The molecule has 3 heteroatoms. The summed E-state index contributed by atoms with van der Waals surface area (Å²) in [5, 5.41) is 12.7. The molecule has 0 amide bonds. The highest BCUT2D eigenvalue weighted by Crippen LogP contribution is 2.33. The maximum Gasteiger partial charge on any atom is 0.139 e. The molecule has 1 saturated carbocycles. The smallest absolute Gasteiger partial charge is 0.139 e. The molecule has 0 bridgehead atoms. The summed E-state index contributed by atoms with van der Waals surface area (Å²) in [6.07, 6.45) is 5.69. The number of aromatic nitrogens is 1. The van der Waals surface area contributed by atoms with E-state index in [1.807, 2.05) is 6.07 Å². The van der Waals surface area contributed by atoms with Gasteiger partial charge in [0.15, 0.2) is 0 Å². The fourth-order valence-corrected chi connectivity index (χ4v) is 1.97. The van der Waals surface area contributed by atoms with Crippen LogP contribution in [0.4, 0.5) is 0 Å². The van der Waals surface area contributed by atoms with E-state index < -0.39 is 0 Å². The van der Waals surface area contributed by atoms with Gasteiger partial charge < -0.3 is 9.63 Å². The van der Waals surface area contributed by atoms with Gasteiger partial charge in [0.2, 0.25) is 0 Å². The Morgan fingerprint density at radius 2 is 2.23 bits per heavy atom. The largest absolute Gasteiger partial charge is 0.396 e. The normalized spacial score (nSPS) is 18.2. The van der Waals surface area contributed by atoms with Crippen LogP contribution in [0.5, 0.6) is 0 Å². The van der Waals surface area contributed by atoms with E-state index in [0.29, 0.717) is 12.3 Å². The summed E-state index contributed by atoms with van der Waals surface area (Å²) in [5.41, 5.74) is 1.08. The fraction of sp³-hybridized carbons (Fsp3) is 0.700. The minimum Gasteiger partial charge on any atom is -0.396 e. The highest BCUT2D eigenvalue weighted by molar-refractivity contribution is 5.11. The van der Waals surface area contributed by atoms with Gasteiger partial charge in [-0.15, -0.1) is 0 Å². The van der Waals surface area contributed by atoms with Gasteiger partial charge in [0, 0.05) is 18.4 Å². The van der Waals surface area contributed by atoms with Crippen LogP contribution in [-0.2, 0) is 6.42 Å². The first-order chi connectivity index (χ1) is 6.40. The summed E-state index contributed by atoms with van der Waals surface area (Å²) in [6, 6.07) is 1.99. The van der Waals surface area contributed by atoms with Crippen molar-refractivity contribution < 1.29 is 9.63 Å². The lowest BCUT2D eigenvalue weighted by molar-refractivity contribution is 0.276. The van der Waals surface area contributed by atoms with E-state index in [1.165, 1.54) is 25.7 Å². The van der Waals surface area contributed by atoms with E-state index in [2.05, 4.69) is 5.16 Å². The third-order valence-corrected chi connectivity index (χ3v) is 2.71. The number of rotatable bonds is 3. The molecule has 13 heavy (non-hydrogen) atoms. The van der Waals surface area contributed by atoms with Gasteiger partial charge in [-0.25, -0.2) is 0 Å². The second-order valence-corrected chi connectivity index (χ2v) is 3.67. The van der Waals surface area contributed by atoms with Gasteiger partial charge in [-0.2, -0.15) is 0 Å². The minimum absolute atomic E-state index is 0.138. The predicted octanol–water partition coefficient (Wildman–Crippen LogP) is 1.87. The SMILES string of the molecule is OCCc1cc(C2CCCC2)no1. The van der Waals surface area contributed by atoms with Crippen LogP contribution in [0.15, 0.2) is 10.6 Å². The zero-order chi connectivity index (χ0) is 9.10. The highest BCUT2D eigenvalue weighted by atomic mass is 16.5. The summed E-state index contributed by atoms with van der Waals surface area (Å²) in [7, 11) is 0. The molecule has 2 rings (SSSR count). The van der Waals surface area contributed by atoms with Gasteiger partial charge >= 0.3 is 0 Å². The number of aliphatic hydroxyl groups excluding tert-OH is 1. The van der Waals surface area contributed by atoms with Crippen molar-refractivity contribution in [3.8, 4) is 0 Å². The van der Waals surface area contributed by atoms with E-state index in [-0.39, 0.29) is 6.61 Å². The number of hydrogen-bond donors (Lipinski definition) is 1. The monoisotopic (exact) mass is 181 g/mol. The molecule has 1 fully saturated rings. The third-order valence-electron chi connectivity index (χ3n) is 2.71. The summed E-state index contributed by atoms with van der Waals surface area (Å²) in [4.78, 5) is 0. The standard InChI is InChI=1S/C10H15NO2/c12-6-5-9-7-10(11-13-9)8-3-1-2-4-8/h7-8,12H,1-6H2. The van der Waals surface area contributed by atoms with Crippen molar-refractivity contribution in [1.82, 2.24) is 5.16 Å². The van der Waals surface area contributed by atoms with Crippen molar-refractivity contribution in [2.24, 2.45) is 0 Å². The molecule has 0 radical (unpaired) electrons. The Morgan fingerprint density at radius 1 is 1.46 bits per heavy atom. The van der Waals surface area contributed by atoms with Crippen molar-refractivity contribution >= 4 is 0 Å². The zero-order valence-corrected chi connectivity index (χ0v) is 7.70. The number of nitrogens with zero attached hydrogens (tertiary/aromatic N) is 1. The van der Waals surface area contributed by atoms with Crippen molar-refractivity contribution in [2.45, 2.75) is 38.0 Å². The Hall–Kier alpha value is -0.830. The average molecular weight is 181 g/mol. The second kappa shape index (κ2) is 3.92. The molecule has 1 N–H and O–H groups in total. The Bertz CT molecular complexity index is 264. The lowest BCUT2D eigenvalue weighted by atomic mass is 10.0. The van der Waals surface area contributed by atoms with Crippen LogP contribution in [-0.4, -0.2) is 16.9 Å². The average Bonchev–Trinajstić information content (AvgIpc) is 2.70. The predicted molar refractivity (Wildman–Crippen MR) is 48.5 cm³/mol. The van der Waals surface area contributed by atoms with E-state index in [9.17, 15) is 0 Å². The quantitative estimate of drug-likeness (QED) is 0.774. The van der Waals surface area contributed by atoms with Crippen LogP contribution < -0.4 is 0 Å². The molecule has 1 aliphatic carbocycles. The fourth-order valence-electron chi connectivity index (χ4n) is 1.97. The van der Waals surface area contributed by atoms with E-state index in [1.54, 1.807) is 0 Å². The van der Waals surface area contributed by atoms with E-state index >= 15 is 0 Å². The summed E-state index contributed by atoms with van der Waals surface area (Å²) >= 11 is 0. The summed E-state index contributed by atoms with van der Waals surface area (Å²) in [5.74, 6) is 1.42. The molecular weight excluding hydrogens is 166 g/mol. The molecule has 1 aromatic rings. The molecule has 0 aromatic carbocycles. The van der Waals surface area contributed by atoms with Gasteiger partial charge in [-0.1, -0.05) is 18.0 Å². The molecule has 3 nitrogen and oxygen atoms in total. The van der Waals surface area contributed by atoms with Crippen LogP contribution in [0.2, 0.25) is 0 Å². The van der Waals surface area contributed by atoms with E-state index in [0.717, 1.165) is 11.5 Å². The van der Waals surface area contributed by atoms with Gasteiger partial charge in [0.25, 0.3) is 0 Å². The molecule has 0 saturated heterocycles. The van der Waals surface area contributed by atoms with Crippen LogP contribution in [0.1, 0.15) is 43.1 Å². The van der Waals surface area contributed by atoms with Crippen molar-refractivity contribution in [3.63, 3.8) is 0 Å². The third kappa shape index (κ3) is 1.91. The molecule has 0 atom stereocenters. The maximum atomic E-state index is 8.71. The molecule has 0 aliphatic heterocycles. The Labute approximate surface area is 77.7 Å². The molecule has 0 unspecified atom stereocenters. The molecule has 1 aromatic heterocycles. The topological polar surface area (TPSA) is 46.3 Å². The highest BCUT2D eigenvalue weighted by Gasteiger charge is 2.20. The Balaban J connectivity index is 2.03.